The zero-order valence-corrected chi connectivity index (χ0v) is 9.97. The van der Waals surface area contributed by atoms with Crippen LogP contribution in [0.25, 0.3) is 0 Å². The maximum Gasteiger partial charge on any atom is 0.221 e. The zero-order valence-electron chi connectivity index (χ0n) is 9.97. The van der Waals surface area contributed by atoms with Crippen molar-refractivity contribution in [2.75, 3.05) is 16.4 Å². The summed E-state index contributed by atoms with van der Waals surface area (Å²) in [6, 6.07) is 11.0. The Morgan fingerprint density at radius 3 is 2.67 bits per heavy atom. The lowest BCUT2D eigenvalue weighted by Crippen LogP contribution is -2.05. The maximum atomic E-state index is 11.0. The highest BCUT2D eigenvalue weighted by molar-refractivity contribution is 5.89. The van der Waals surface area contributed by atoms with Crippen molar-refractivity contribution < 1.29 is 4.79 Å². The lowest BCUT2D eigenvalue weighted by molar-refractivity contribution is -0.114. The molecule has 0 unspecified atom stereocenters. The minimum absolute atomic E-state index is 0.0993. The number of carbonyl (C=O) groups excluding carboxylic acids is 1. The third-order valence-corrected chi connectivity index (χ3v) is 2.24. The van der Waals surface area contributed by atoms with Crippen molar-refractivity contribution in [3.05, 3.63) is 42.6 Å². The number of nitrogens with one attached hydrogen (secondary N) is 2. The van der Waals surface area contributed by atoms with Crippen LogP contribution < -0.4 is 16.4 Å². The molecular formula is C13H14N4O. The number of pyridine rings is 1. The van der Waals surface area contributed by atoms with E-state index in [1.54, 1.807) is 18.3 Å². The molecule has 0 aliphatic heterocycles. The molecule has 0 radical (unpaired) electrons. The summed E-state index contributed by atoms with van der Waals surface area (Å²) >= 11 is 0. The van der Waals surface area contributed by atoms with E-state index >= 15 is 0 Å². The number of rotatable bonds is 3. The molecular weight excluding hydrogens is 228 g/mol. The summed E-state index contributed by atoms with van der Waals surface area (Å²) in [6.45, 7) is 1.47. The molecule has 1 aromatic heterocycles. The fourth-order valence-corrected chi connectivity index (χ4v) is 1.51. The zero-order chi connectivity index (χ0) is 13.0. The summed E-state index contributed by atoms with van der Waals surface area (Å²) in [4.78, 5) is 15.1. The Kier molecular flexibility index (Phi) is 3.43. The molecule has 0 aliphatic rings. The van der Waals surface area contributed by atoms with Crippen LogP contribution >= 0.6 is 0 Å². The minimum Gasteiger partial charge on any atom is -0.397 e. The van der Waals surface area contributed by atoms with Crippen LogP contribution in [0.1, 0.15) is 6.92 Å². The molecule has 1 amide bonds. The summed E-state index contributed by atoms with van der Waals surface area (Å²) in [6.07, 6.45) is 1.58. The molecule has 2 rings (SSSR count). The second-order valence-corrected chi connectivity index (χ2v) is 3.86. The quantitative estimate of drug-likeness (QED) is 0.772. The van der Waals surface area contributed by atoms with Gasteiger partial charge in [-0.25, -0.2) is 4.98 Å². The second kappa shape index (κ2) is 5.18. The molecule has 1 heterocycles. The Labute approximate surface area is 105 Å². The maximum absolute atomic E-state index is 11.0. The highest BCUT2D eigenvalue weighted by Gasteiger charge is 1.99. The van der Waals surface area contributed by atoms with Gasteiger partial charge in [0, 0.05) is 18.3 Å². The SMILES string of the molecule is CC(=O)Nc1cccc(Nc2ccc(N)cn2)c1. The van der Waals surface area contributed by atoms with Crippen LogP contribution in [0.3, 0.4) is 0 Å². The van der Waals surface area contributed by atoms with E-state index in [4.69, 9.17) is 5.73 Å². The highest BCUT2D eigenvalue weighted by Crippen LogP contribution is 2.19. The van der Waals surface area contributed by atoms with Crippen LogP contribution in [0.15, 0.2) is 42.6 Å². The summed E-state index contributed by atoms with van der Waals surface area (Å²) in [5, 5.41) is 5.85. The standard InChI is InChI=1S/C13H14N4O/c1-9(18)16-11-3-2-4-12(7-11)17-13-6-5-10(14)8-15-13/h2-8H,14H2,1H3,(H,15,17)(H,16,18). The number of nitrogens with two attached hydrogens (primary N) is 1. The van der Waals surface area contributed by atoms with Crippen molar-refractivity contribution in [2.45, 2.75) is 6.92 Å². The summed E-state index contributed by atoms with van der Waals surface area (Å²) < 4.78 is 0. The van der Waals surface area contributed by atoms with Gasteiger partial charge in [-0.05, 0) is 30.3 Å². The lowest BCUT2D eigenvalue weighted by atomic mass is 10.2. The van der Waals surface area contributed by atoms with E-state index in [2.05, 4.69) is 15.6 Å². The molecule has 2 aromatic rings. The van der Waals surface area contributed by atoms with E-state index in [1.807, 2.05) is 24.3 Å². The van der Waals surface area contributed by atoms with Crippen molar-refractivity contribution >= 4 is 28.8 Å². The van der Waals surface area contributed by atoms with Crippen molar-refractivity contribution in [1.29, 1.82) is 0 Å². The predicted octanol–water partition coefficient (Wildman–Crippen LogP) is 2.37. The van der Waals surface area contributed by atoms with Gasteiger partial charge in [0.2, 0.25) is 5.91 Å². The molecule has 0 bridgehead atoms. The Bertz CT molecular complexity index is 551. The topological polar surface area (TPSA) is 80.0 Å². The second-order valence-electron chi connectivity index (χ2n) is 3.86. The van der Waals surface area contributed by atoms with Crippen LogP contribution in [-0.4, -0.2) is 10.9 Å². The van der Waals surface area contributed by atoms with Crippen molar-refractivity contribution in [1.82, 2.24) is 4.98 Å². The number of benzene rings is 1. The molecule has 92 valence electrons. The van der Waals surface area contributed by atoms with Gasteiger partial charge in [0.15, 0.2) is 0 Å². The third-order valence-electron chi connectivity index (χ3n) is 2.24. The van der Waals surface area contributed by atoms with Gasteiger partial charge < -0.3 is 16.4 Å². The Morgan fingerprint density at radius 1 is 1.22 bits per heavy atom. The molecule has 0 spiro atoms. The van der Waals surface area contributed by atoms with Crippen molar-refractivity contribution in [2.24, 2.45) is 0 Å². The third kappa shape index (κ3) is 3.21. The van der Waals surface area contributed by atoms with Gasteiger partial charge in [-0.3, -0.25) is 4.79 Å². The first kappa shape index (κ1) is 11.9. The van der Waals surface area contributed by atoms with E-state index in [0.29, 0.717) is 11.5 Å². The number of hydrogen-bond donors (Lipinski definition) is 3. The van der Waals surface area contributed by atoms with Gasteiger partial charge in [-0.15, -0.1) is 0 Å². The normalized spacial score (nSPS) is 9.83. The smallest absolute Gasteiger partial charge is 0.221 e. The molecule has 0 saturated carbocycles. The first-order valence-electron chi connectivity index (χ1n) is 5.50. The number of carbonyl (C=O) groups is 1. The summed E-state index contributed by atoms with van der Waals surface area (Å²) in [7, 11) is 0. The van der Waals surface area contributed by atoms with Gasteiger partial charge in [-0.1, -0.05) is 6.07 Å². The predicted molar refractivity (Wildman–Crippen MR) is 72.7 cm³/mol. The fourth-order valence-electron chi connectivity index (χ4n) is 1.51. The molecule has 1 aromatic carbocycles. The fraction of sp³-hybridized carbons (Fsp3) is 0.0769. The van der Waals surface area contributed by atoms with E-state index in [1.165, 1.54) is 6.92 Å². The van der Waals surface area contributed by atoms with Gasteiger partial charge in [-0.2, -0.15) is 0 Å². The summed E-state index contributed by atoms with van der Waals surface area (Å²) in [5.74, 6) is 0.599. The van der Waals surface area contributed by atoms with Crippen molar-refractivity contribution in [3.63, 3.8) is 0 Å². The van der Waals surface area contributed by atoms with E-state index in [-0.39, 0.29) is 5.91 Å². The molecule has 4 N–H and O–H groups in total. The average Bonchev–Trinajstić information content (AvgIpc) is 2.32. The average molecular weight is 242 g/mol. The van der Waals surface area contributed by atoms with Gasteiger partial charge in [0.05, 0.1) is 11.9 Å². The monoisotopic (exact) mass is 242 g/mol. The number of hydrogen-bond acceptors (Lipinski definition) is 4. The highest BCUT2D eigenvalue weighted by atomic mass is 16.1. The Balaban J connectivity index is 2.13. The van der Waals surface area contributed by atoms with Crippen LogP contribution in [0, 0.1) is 0 Å². The minimum atomic E-state index is -0.0993. The lowest BCUT2D eigenvalue weighted by Gasteiger charge is -2.08. The van der Waals surface area contributed by atoms with E-state index in [9.17, 15) is 4.79 Å². The molecule has 0 atom stereocenters. The molecule has 0 fully saturated rings. The number of amides is 1. The van der Waals surface area contributed by atoms with Crippen LogP contribution in [0.4, 0.5) is 22.9 Å². The Morgan fingerprint density at radius 2 is 2.00 bits per heavy atom. The van der Waals surface area contributed by atoms with Gasteiger partial charge in [0.25, 0.3) is 0 Å². The number of nitrogen functional groups attached to an aromatic ring is 1. The largest absolute Gasteiger partial charge is 0.397 e. The molecule has 18 heavy (non-hydrogen) atoms. The first-order chi connectivity index (χ1) is 8.63. The number of anilines is 4. The van der Waals surface area contributed by atoms with Crippen LogP contribution in [0.5, 0.6) is 0 Å². The number of nitrogens with zero attached hydrogens (tertiary/aromatic N) is 1. The van der Waals surface area contributed by atoms with Gasteiger partial charge >= 0.3 is 0 Å². The Hall–Kier alpha value is -2.56. The molecule has 5 nitrogen and oxygen atoms in total. The van der Waals surface area contributed by atoms with Crippen LogP contribution in [0.2, 0.25) is 0 Å². The number of aromatic nitrogens is 1. The van der Waals surface area contributed by atoms with Gasteiger partial charge in [0.1, 0.15) is 5.82 Å². The molecule has 0 saturated heterocycles. The molecule has 5 heteroatoms. The van der Waals surface area contributed by atoms with Crippen LogP contribution in [-0.2, 0) is 4.79 Å². The first-order valence-corrected chi connectivity index (χ1v) is 5.50. The van der Waals surface area contributed by atoms with E-state index < -0.39 is 0 Å². The summed E-state index contributed by atoms with van der Waals surface area (Å²) in [5.41, 5.74) is 7.76. The molecule has 0 aliphatic carbocycles. The van der Waals surface area contributed by atoms with Crippen molar-refractivity contribution in [3.8, 4) is 0 Å². The van der Waals surface area contributed by atoms with E-state index in [0.717, 1.165) is 11.4 Å².